The summed E-state index contributed by atoms with van der Waals surface area (Å²) in [4.78, 5) is 0. The number of phenols is 1. The third-order valence-electron chi connectivity index (χ3n) is 3.90. The Hall–Kier alpha value is -1.67. The number of aromatic hydroxyl groups is 1. The number of hydrogen-bond donors (Lipinski definition) is 2. The van der Waals surface area contributed by atoms with E-state index in [1.165, 1.54) is 11.1 Å². The van der Waals surface area contributed by atoms with Crippen molar-refractivity contribution in [1.82, 2.24) is 0 Å². The molecule has 2 nitrogen and oxygen atoms in total. The summed E-state index contributed by atoms with van der Waals surface area (Å²) in [6.07, 6.45) is 3.29. The van der Waals surface area contributed by atoms with Gasteiger partial charge in [0, 0.05) is 0 Å². The Balaban J connectivity index is 1.91. The van der Waals surface area contributed by atoms with E-state index in [9.17, 15) is 5.11 Å². The summed E-state index contributed by atoms with van der Waals surface area (Å²) in [7, 11) is 0. The van der Waals surface area contributed by atoms with Crippen LogP contribution in [0.15, 0.2) is 36.4 Å². The number of benzene rings is 2. The molecular formula is C17H18ClNO. The molecule has 1 atom stereocenters. The molecule has 3 heteroatoms. The minimum Gasteiger partial charge on any atom is -0.508 e. The molecule has 0 fully saturated rings. The van der Waals surface area contributed by atoms with E-state index in [1.807, 2.05) is 31.2 Å². The normalized spacial score (nSPS) is 17.6. The fraction of sp³-hybridized carbons (Fsp3) is 0.294. The molecule has 104 valence electrons. The fourth-order valence-electron chi connectivity index (χ4n) is 2.86. The molecule has 1 unspecified atom stereocenters. The van der Waals surface area contributed by atoms with Crippen LogP contribution in [0.5, 0.6) is 5.75 Å². The maximum absolute atomic E-state index is 9.71. The molecule has 0 saturated carbocycles. The third-order valence-corrected chi connectivity index (χ3v) is 4.21. The molecule has 2 N–H and O–H groups in total. The van der Waals surface area contributed by atoms with Gasteiger partial charge in [-0.3, -0.25) is 0 Å². The second kappa shape index (κ2) is 5.37. The lowest BCUT2D eigenvalue weighted by Gasteiger charge is -2.28. The molecule has 0 aliphatic heterocycles. The van der Waals surface area contributed by atoms with Crippen LogP contribution in [0.3, 0.4) is 0 Å². The standard InChI is InChI=1S/C17H18ClNO/c1-11-5-8-17(15(18)9-11)19-16-4-2-3-12-6-7-13(20)10-14(12)16/h5-10,16,19-20H,2-4H2,1H3. The largest absolute Gasteiger partial charge is 0.508 e. The van der Waals surface area contributed by atoms with Crippen LogP contribution in [0, 0.1) is 6.92 Å². The van der Waals surface area contributed by atoms with Crippen LogP contribution in [-0.4, -0.2) is 5.11 Å². The lowest BCUT2D eigenvalue weighted by atomic mass is 9.87. The zero-order chi connectivity index (χ0) is 14.1. The molecule has 0 aromatic heterocycles. The van der Waals surface area contributed by atoms with Gasteiger partial charge in [0.1, 0.15) is 5.75 Å². The summed E-state index contributed by atoms with van der Waals surface area (Å²) in [5.74, 6) is 0.326. The smallest absolute Gasteiger partial charge is 0.115 e. The van der Waals surface area contributed by atoms with E-state index >= 15 is 0 Å². The van der Waals surface area contributed by atoms with Crippen molar-refractivity contribution in [2.45, 2.75) is 32.2 Å². The summed E-state index contributed by atoms with van der Waals surface area (Å²) >= 11 is 6.30. The van der Waals surface area contributed by atoms with Gasteiger partial charge in [-0.25, -0.2) is 0 Å². The van der Waals surface area contributed by atoms with Crippen LogP contribution in [0.25, 0.3) is 0 Å². The predicted molar refractivity (Wildman–Crippen MR) is 83.6 cm³/mol. The summed E-state index contributed by atoms with van der Waals surface area (Å²) in [5.41, 5.74) is 4.61. The number of phenolic OH excluding ortho intramolecular Hbond substituents is 1. The molecule has 1 aliphatic carbocycles. The van der Waals surface area contributed by atoms with Gasteiger partial charge in [0.05, 0.1) is 16.8 Å². The topological polar surface area (TPSA) is 32.3 Å². The van der Waals surface area contributed by atoms with Crippen molar-refractivity contribution in [2.75, 3.05) is 5.32 Å². The van der Waals surface area contributed by atoms with Gasteiger partial charge in [0.25, 0.3) is 0 Å². The summed E-state index contributed by atoms with van der Waals surface area (Å²) in [5, 5.41) is 14.0. The summed E-state index contributed by atoms with van der Waals surface area (Å²) in [6.45, 7) is 2.03. The minimum absolute atomic E-state index is 0.214. The van der Waals surface area contributed by atoms with Gasteiger partial charge in [-0.2, -0.15) is 0 Å². The van der Waals surface area contributed by atoms with Gasteiger partial charge in [-0.05, 0) is 67.1 Å². The highest BCUT2D eigenvalue weighted by molar-refractivity contribution is 6.33. The molecule has 0 spiro atoms. The highest BCUT2D eigenvalue weighted by Crippen LogP contribution is 2.36. The molecule has 0 heterocycles. The Morgan fingerprint density at radius 3 is 2.85 bits per heavy atom. The van der Waals surface area contributed by atoms with Gasteiger partial charge in [0.2, 0.25) is 0 Å². The lowest BCUT2D eigenvalue weighted by Crippen LogP contribution is -2.17. The lowest BCUT2D eigenvalue weighted by molar-refractivity contribution is 0.471. The Bertz CT molecular complexity index is 639. The number of anilines is 1. The molecule has 20 heavy (non-hydrogen) atoms. The molecule has 2 aromatic carbocycles. The van der Waals surface area contributed by atoms with Gasteiger partial charge in [-0.15, -0.1) is 0 Å². The Kier molecular flexibility index (Phi) is 3.58. The van der Waals surface area contributed by atoms with E-state index in [0.717, 1.165) is 35.5 Å². The molecular weight excluding hydrogens is 270 g/mol. The average molecular weight is 288 g/mol. The maximum Gasteiger partial charge on any atom is 0.115 e. The molecule has 0 saturated heterocycles. The zero-order valence-electron chi connectivity index (χ0n) is 11.5. The van der Waals surface area contributed by atoms with Gasteiger partial charge >= 0.3 is 0 Å². The van der Waals surface area contributed by atoms with Crippen LogP contribution in [0.4, 0.5) is 5.69 Å². The maximum atomic E-state index is 9.71. The highest BCUT2D eigenvalue weighted by Gasteiger charge is 2.21. The van der Waals surface area contributed by atoms with E-state index in [1.54, 1.807) is 6.07 Å². The van der Waals surface area contributed by atoms with Gasteiger partial charge in [-0.1, -0.05) is 23.7 Å². The molecule has 3 rings (SSSR count). The zero-order valence-corrected chi connectivity index (χ0v) is 12.2. The summed E-state index contributed by atoms with van der Waals surface area (Å²) in [6, 6.07) is 11.9. The van der Waals surface area contributed by atoms with Gasteiger partial charge < -0.3 is 10.4 Å². The number of fused-ring (bicyclic) bond motifs is 1. The first-order valence-electron chi connectivity index (χ1n) is 6.98. The third kappa shape index (κ3) is 2.61. The van der Waals surface area contributed by atoms with Crippen LogP contribution in [0.1, 0.15) is 35.6 Å². The van der Waals surface area contributed by atoms with E-state index in [4.69, 9.17) is 11.6 Å². The first-order chi connectivity index (χ1) is 9.63. The second-order valence-electron chi connectivity index (χ2n) is 5.46. The van der Waals surface area contributed by atoms with Crippen LogP contribution >= 0.6 is 11.6 Å². The fourth-order valence-corrected chi connectivity index (χ4v) is 3.15. The Morgan fingerprint density at radius 1 is 1.20 bits per heavy atom. The second-order valence-corrected chi connectivity index (χ2v) is 5.86. The van der Waals surface area contributed by atoms with Crippen molar-refractivity contribution in [1.29, 1.82) is 0 Å². The van der Waals surface area contributed by atoms with E-state index in [0.29, 0.717) is 5.75 Å². The minimum atomic E-state index is 0.214. The van der Waals surface area contributed by atoms with Crippen molar-refractivity contribution >= 4 is 17.3 Å². The number of halogens is 1. The number of rotatable bonds is 2. The van der Waals surface area contributed by atoms with Crippen molar-refractivity contribution in [2.24, 2.45) is 0 Å². The first kappa shape index (κ1) is 13.3. The van der Waals surface area contributed by atoms with Crippen LogP contribution in [0.2, 0.25) is 5.02 Å². The molecule has 0 bridgehead atoms. The number of aryl methyl sites for hydroxylation is 2. The van der Waals surface area contributed by atoms with E-state index in [2.05, 4.69) is 11.4 Å². The SMILES string of the molecule is Cc1ccc(NC2CCCc3ccc(O)cc32)c(Cl)c1. The van der Waals surface area contributed by atoms with Crippen molar-refractivity contribution in [3.05, 3.63) is 58.1 Å². The molecule has 1 aliphatic rings. The first-order valence-corrected chi connectivity index (χ1v) is 7.36. The molecule has 2 aromatic rings. The number of nitrogens with one attached hydrogen (secondary N) is 1. The van der Waals surface area contributed by atoms with E-state index in [-0.39, 0.29) is 6.04 Å². The summed E-state index contributed by atoms with van der Waals surface area (Å²) < 4.78 is 0. The quantitative estimate of drug-likeness (QED) is 0.828. The number of hydrogen-bond acceptors (Lipinski definition) is 2. The van der Waals surface area contributed by atoms with Crippen LogP contribution < -0.4 is 5.32 Å². The monoisotopic (exact) mass is 287 g/mol. The van der Waals surface area contributed by atoms with Crippen molar-refractivity contribution in [3.8, 4) is 5.75 Å². The van der Waals surface area contributed by atoms with Crippen molar-refractivity contribution < 1.29 is 5.11 Å². The van der Waals surface area contributed by atoms with Crippen LogP contribution in [-0.2, 0) is 6.42 Å². The van der Waals surface area contributed by atoms with Gasteiger partial charge in [0.15, 0.2) is 0 Å². The van der Waals surface area contributed by atoms with E-state index < -0.39 is 0 Å². The van der Waals surface area contributed by atoms with Crippen molar-refractivity contribution in [3.63, 3.8) is 0 Å². The Morgan fingerprint density at radius 2 is 2.05 bits per heavy atom. The Labute approximate surface area is 124 Å². The molecule has 0 radical (unpaired) electrons. The highest BCUT2D eigenvalue weighted by atomic mass is 35.5. The average Bonchev–Trinajstić information content (AvgIpc) is 2.42. The predicted octanol–water partition coefficient (Wildman–Crippen LogP) is 4.84. The molecule has 0 amide bonds.